The molecule has 2 fully saturated rings. The molecule has 1 aliphatic heterocycles. The summed E-state index contributed by atoms with van der Waals surface area (Å²) in [7, 11) is 1.36. The van der Waals surface area contributed by atoms with Gasteiger partial charge in [-0.05, 0) is 44.0 Å². The topological polar surface area (TPSA) is 97.7 Å². The molecule has 5 rings (SSSR count). The van der Waals surface area contributed by atoms with E-state index in [1.807, 2.05) is 0 Å². The lowest BCUT2D eigenvalue weighted by Crippen LogP contribution is -2.51. The van der Waals surface area contributed by atoms with Crippen LogP contribution in [0.15, 0.2) is 28.7 Å². The van der Waals surface area contributed by atoms with E-state index in [1.54, 1.807) is 17.9 Å². The monoisotopic (exact) mass is 517 g/mol. The van der Waals surface area contributed by atoms with Gasteiger partial charge in [-0.1, -0.05) is 12.8 Å². The minimum absolute atomic E-state index is 0.0197. The fraction of sp³-hybridized carbons (Fsp3) is 0.500. The van der Waals surface area contributed by atoms with Crippen LogP contribution in [0.2, 0.25) is 0 Å². The third-order valence-corrected chi connectivity index (χ3v) is 7.27. The number of alkyl halides is 3. The summed E-state index contributed by atoms with van der Waals surface area (Å²) >= 11 is 0. The van der Waals surface area contributed by atoms with E-state index in [4.69, 9.17) is 14.9 Å². The molecule has 8 nitrogen and oxygen atoms in total. The van der Waals surface area contributed by atoms with Crippen molar-refractivity contribution in [2.75, 3.05) is 33.3 Å². The predicted octanol–water partition coefficient (Wildman–Crippen LogP) is 4.64. The number of hydrogen-bond acceptors (Lipinski definition) is 7. The Morgan fingerprint density at radius 2 is 1.81 bits per heavy atom. The Morgan fingerprint density at radius 3 is 2.43 bits per heavy atom. The second-order valence-corrected chi connectivity index (χ2v) is 9.69. The van der Waals surface area contributed by atoms with E-state index in [0.717, 1.165) is 19.2 Å². The quantitative estimate of drug-likeness (QED) is 0.527. The number of oxazole rings is 1. The lowest BCUT2D eigenvalue weighted by molar-refractivity contribution is -0.140. The average Bonchev–Trinajstić information content (AvgIpc) is 3.58. The van der Waals surface area contributed by atoms with Crippen molar-refractivity contribution in [2.24, 2.45) is 5.73 Å². The number of carbonyl (C=O) groups is 1. The lowest BCUT2D eigenvalue weighted by atomic mass is 10.1. The number of nitrogens with zero attached hydrogens (tertiary/aromatic N) is 4. The van der Waals surface area contributed by atoms with E-state index in [0.29, 0.717) is 30.1 Å². The Kier molecular flexibility index (Phi) is 6.84. The van der Waals surface area contributed by atoms with Crippen molar-refractivity contribution in [3.63, 3.8) is 0 Å². The van der Waals surface area contributed by atoms with Crippen LogP contribution in [0.1, 0.15) is 60.6 Å². The minimum Gasteiger partial charge on any atom is -0.494 e. The molecule has 1 amide bonds. The van der Waals surface area contributed by atoms with Gasteiger partial charge in [0.1, 0.15) is 17.0 Å². The highest BCUT2D eigenvalue weighted by atomic mass is 19.4. The summed E-state index contributed by atoms with van der Waals surface area (Å²) < 4.78 is 51.1. The molecule has 1 saturated carbocycles. The Bertz CT molecular complexity index is 1290. The number of aromatic nitrogens is 2. The van der Waals surface area contributed by atoms with Gasteiger partial charge in [-0.2, -0.15) is 13.2 Å². The third-order valence-electron chi connectivity index (χ3n) is 7.27. The van der Waals surface area contributed by atoms with Crippen molar-refractivity contribution in [1.82, 2.24) is 19.8 Å². The van der Waals surface area contributed by atoms with Gasteiger partial charge in [-0.15, -0.1) is 0 Å². The van der Waals surface area contributed by atoms with Crippen molar-refractivity contribution < 1.29 is 27.1 Å². The van der Waals surface area contributed by atoms with Crippen LogP contribution in [-0.4, -0.2) is 65.0 Å². The molecule has 0 unspecified atom stereocenters. The second kappa shape index (κ2) is 9.94. The van der Waals surface area contributed by atoms with Crippen molar-refractivity contribution >= 4 is 16.8 Å². The number of fused-ring (bicyclic) bond motifs is 1. The first-order chi connectivity index (χ1) is 17.7. The Balaban J connectivity index is 1.47. The van der Waals surface area contributed by atoms with Gasteiger partial charge in [0, 0.05) is 43.2 Å². The molecule has 3 aromatic rings. The molecular formula is C26H30F3N5O3. The van der Waals surface area contributed by atoms with Gasteiger partial charge in [0.05, 0.1) is 13.2 Å². The number of carbonyl (C=O) groups excluding carboxylic acids is 1. The van der Waals surface area contributed by atoms with Crippen molar-refractivity contribution in [1.29, 1.82) is 0 Å². The standard InChI is InChI=1S/C26H30F3N5O3/c1-15(30)23-22(25(35)34-13-11-33(12-14-34)16-5-3-4-6-16)32-24(37-23)18-7-9-19(36-2)21-17(18)8-10-20(31-21)26(27,28)29/h7-10,15-16H,3-6,11-14,30H2,1-2H3/t15-/m0/s1. The number of amides is 1. The maximum atomic E-state index is 13.5. The molecule has 0 radical (unpaired) electrons. The Labute approximate surface area is 212 Å². The molecule has 1 aromatic carbocycles. The van der Waals surface area contributed by atoms with Crippen LogP contribution < -0.4 is 10.5 Å². The molecule has 11 heteroatoms. The van der Waals surface area contributed by atoms with Gasteiger partial charge in [0.2, 0.25) is 5.89 Å². The van der Waals surface area contributed by atoms with Gasteiger partial charge in [0.25, 0.3) is 5.91 Å². The second-order valence-electron chi connectivity index (χ2n) is 9.69. The first-order valence-electron chi connectivity index (χ1n) is 12.5. The SMILES string of the molecule is COc1ccc(-c2nc(C(=O)N3CCN(C4CCCC4)CC3)c([C@H](C)N)o2)c2ccc(C(F)(F)F)nc12. The number of nitrogens with two attached hydrogens (primary N) is 1. The van der Waals surface area contributed by atoms with Crippen LogP contribution in [0.4, 0.5) is 13.2 Å². The zero-order chi connectivity index (χ0) is 26.3. The van der Waals surface area contributed by atoms with Gasteiger partial charge >= 0.3 is 6.18 Å². The maximum absolute atomic E-state index is 13.5. The Hall–Kier alpha value is -3.18. The van der Waals surface area contributed by atoms with E-state index in [-0.39, 0.29) is 34.5 Å². The van der Waals surface area contributed by atoms with Crippen LogP contribution in [0.5, 0.6) is 5.75 Å². The molecule has 0 bridgehead atoms. The van der Waals surface area contributed by atoms with E-state index < -0.39 is 17.9 Å². The predicted molar refractivity (Wildman–Crippen MR) is 131 cm³/mol. The largest absolute Gasteiger partial charge is 0.494 e. The van der Waals surface area contributed by atoms with Gasteiger partial charge in [-0.3, -0.25) is 9.69 Å². The molecule has 37 heavy (non-hydrogen) atoms. The summed E-state index contributed by atoms with van der Waals surface area (Å²) in [6.07, 6.45) is 0.337. The fourth-order valence-electron chi connectivity index (χ4n) is 5.32. The van der Waals surface area contributed by atoms with Crippen LogP contribution in [0.25, 0.3) is 22.4 Å². The zero-order valence-corrected chi connectivity index (χ0v) is 20.8. The molecule has 2 aliphatic rings. The van der Waals surface area contributed by atoms with E-state index in [9.17, 15) is 18.0 Å². The molecule has 2 aromatic heterocycles. The van der Waals surface area contributed by atoms with Gasteiger partial charge in [0.15, 0.2) is 11.5 Å². The highest BCUT2D eigenvalue weighted by Gasteiger charge is 2.34. The summed E-state index contributed by atoms with van der Waals surface area (Å²) in [5, 5.41) is 0.356. The molecule has 198 valence electrons. The van der Waals surface area contributed by atoms with Crippen molar-refractivity contribution in [2.45, 2.75) is 50.9 Å². The molecule has 1 aliphatic carbocycles. The average molecular weight is 518 g/mol. The smallest absolute Gasteiger partial charge is 0.433 e. The van der Waals surface area contributed by atoms with E-state index in [1.165, 1.54) is 44.9 Å². The number of methoxy groups -OCH3 is 1. The van der Waals surface area contributed by atoms with Gasteiger partial charge in [-0.25, -0.2) is 9.97 Å². The highest BCUT2D eigenvalue weighted by molar-refractivity contribution is 5.98. The zero-order valence-electron chi connectivity index (χ0n) is 20.8. The fourth-order valence-corrected chi connectivity index (χ4v) is 5.32. The summed E-state index contributed by atoms with van der Waals surface area (Å²) in [5.41, 5.74) is 5.64. The Morgan fingerprint density at radius 1 is 1.11 bits per heavy atom. The van der Waals surface area contributed by atoms with Gasteiger partial charge < -0.3 is 19.8 Å². The lowest BCUT2D eigenvalue weighted by Gasteiger charge is -2.37. The van der Waals surface area contributed by atoms with Crippen LogP contribution in [-0.2, 0) is 6.18 Å². The third kappa shape index (κ3) is 4.89. The molecule has 1 atom stereocenters. The first kappa shape index (κ1) is 25.5. The minimum atomic E-state index is -4.61. The number of pyridine rings is 1. The number of piperazine rings is 1. The van der Waals surface area contributed by atoms with Crippen LogP contribution in [0.3, 0.4) is 0 Å². The number of benzene rings is 1. The molecule has 3 heterocycles. The summed E-state index contributed by atoms with van der Waals surface area (Å²) in [6.45, 7) is 4.50. The van der Waals surface area contributed by atoms with E-state index >= 15 is 0 Å². The summed E-state index contributed by atoms with van der Waals surface area (Å²) in [5.74, 6) is 0.250. The highest BCUT2D eigenvalue weighted by Crippen LogP contribution is 2.37. The van der Waals surface area contributed by atoms with Crippen LogP contribution >= 0.6 is 0 Å². The number of hydrogen-bond donors (Lipinski definition) is 1. The molecular weight excluding hydrogens is 487 g/mol. The van der Waals surface area contributed by atoms with Crippen molar-refractivity contribution in [3.05, 3.63) is 41.4 Å². The molecule has 1 saturated heterocycles. The molecule has 2 N–H and O–H groups in total. The normalized spacial score (nSPS) is 18.5. The number of ether oxygens (including phenoxy) is 1. The summed E-state index contributed by atoms with van der Waals surface area (Å²) in [6, 6.07) is 5.33. The first-order valence-corrected chi connectivity index (χ1v) is 12.5. The molecule has 0 spiro atoms. The van der Waals surface area contributed by atoms with Crippen molar-refractivity contribution in [3.8, 4) is 17.2 Å². The van der Waals surface area contributed by atoms with Crippen LogP contribution in [0, 0.1) is 0 Å². The maximum Gasteiger partial charge on any atom is 0.433 e. The number of rotatable bonds is 5. The number of halogens is 3. The van der Waals surface area contributed by atoms with E-state index in [2.05, 4.69) is 14.9 Å². The summed E-state index contributed by atoms with van der Waals surface area (Å²) in [4.78, 5) is 26.0.